The topological polar surface area (TPSA) is 47.2 Å². The molecule has 4 nitrogen and oxygen atoms in total. The summed E-state index contributed by atoms with van der Waals surface area (Å²) in [5.74, 6) is -0.432. The van der Waals surface area contributed by atoms with Gasteiger partial charge in [-0.2, -0.15) is 0 Å². The molecule has 0 aliphatic heterocycles. The van der Waals surface area contributed by atoms with Crippen LogP contribution in [0.25, 0.3) is 11.1 Å². The van der Waals surface area contributed by atoms with Gasteiger partial charge < -0.3 is 9.73 Å². The highest BCUT2D eigenvalue weighted by molar-refractivity contribution is 6.31. The van der Waals surface area contributed by atoms with E-state index in [-0.39, 0.29) is 6.67 Å². The first-order chi connectivity index (χ1) is 10.0. The van der Waals surface area contributed by atoms with E-state index in [0.717, 1.165) is 11.3 Å². The third-order valence-corrected chi connectivity index (χ3v) is 3.88. The summed E-state index contributed by atoms with van der Waals surface area (Å²) in [5.41, 5.74) is 2.99. The first-order valence-corrected chi connectivity index (χ1v) is 7.09. The molecule has 6 heteroatoms. The molecule has 0 atom stereocenters. The number of hydrogen-bond donors (Lipinski definition) is 1. The minimum atomic E-state index is -0.432. The van der Waals surface area contributed by atoms with E-state index >= 15 is 0 Å². The molecule has 0 unspecified atom stereocenters. The summed E-state index contributed by atoms with van der Waals surface area (Å²) >= 11 is 12.0. The molecule has 3 rings (SSSR count). The number of oxazole rings is 1. The molecule has 0 amide bonds. The molecule has 21 heavy (non-hydrogen) atoms. The maximum Gasteiger partial charge on any atom is 0.421 e. The van der Waals surface area contributed by atoms with Gasteiger partial charge in [0, 0.05) is 15.7 Å². The number of anilines is 1. The summed E-state index contributed by atoms with van der Waals surface area (Å²) in [6, 6.07) is 10.7. The van der Waals surface area contributed by atoms with Crippen LogP contribution in [0.4, 0.5) is 5.69 Å². The van der Waals surface area contributed by atoms with E-state index in [9.17, 15) is 4.79 Å². The summed E-state index contributed by atoms with van der Waals surface area (Å²) in [7, 11) is 0. The molecular formula is C15H12Cl2N2O2. The van der Waals surface area contributed by atoms with Crippen molar-refractivity contribution in [2.24, 2.45) is 0 Å². The monoisotopic (exact) mass is 322 g/mol. The Kier molecular flexibility index (Phi) is 3.66. The number of aryl methyl sites for hydroxylation is 1. The maximum atomic E-state index is 11.9. The highest BCUT2D eigenvalue weighted by Gasteiger charge is 2.09. The Balaban J connectivity index is 1.91. The Morgan fingerprint density at radius 3 is 2.76 bits per heavy atom. The molecule has 0 radical (unpaired) electrons. The Morgan fingerprint density at radius 1 is 1.19 bits per heavy atom. The Bertz CT molecular complexity index is 868. The molecule has 0 aliphatic rings. The van der Waals surface area contributed by atoms with Crippen LogP contribution in [0, 0.1) is 6.92 Å². The van der Waals surface area contributed by atoms with Crippen molar-refractivity contribution in [1.29, 1.82) is 0 Å². The van der Waals surface area contributed by atoms with Crippen molar-refractivity contribution in [3.63, 3.8) is 0 Å². The number of hydrogen-bond acceptors (Lipinski definition) is 3. The second-order valence-electron chi connectivity index (χ2n) is 4.71. The van der Waals surface area contributed by atoms with Crippen molar-refractivity contribution in [1.82, 2.24) is 4.57 Å². The maximum absolute atomic E-state index is 11.9. The number of rotatable bonds is 3. The molecule has 2 aromatic carbocycles. The van der Waals surface area contributed by atoms with Crippen molar-refractivity contribution >= 4 is 40.0 Å². The van der Waals surface area contributed by atoms with Crippen LogP contribution in [0.1, 0.15) is 5.56 Å². The SMILES string of the molecule is Cc1ccc(NCn2c(=O)oc3ccc(Cl)cc32)cc1Cl. The van der Waals surface area contributed by atoms with Gasteiger partial charge in [-0.25, -0.2) is 4.79 Å². The van der Waals surface area contributed by atoms with Crippen LogP contribution in [0.2, 0.25) is 10.0 Å². The van der Waals surface area contributed by atoms with Crippen LogP contribution in [0.5, 0.6) is 0 Å². The molecule has 0 fully saturated rings. The summed E-state index contributed by atoms with van der Waals surface area (Å²) in [5, 5.41) is 4.37. The standard InChI is InChI=1S/C15H12Cl2N2O2/c1-9-2-4-11(7-12(9)17)18-8-19-13-6-10(16)3-5-14(13)21-15(19)20/h2-7,18H,8H2,1H3. The summed E-state index contributed by atoms with van der Waals surface area (Å²) in [6.45, 7) is 2.20. The molecule has 1 heterocycles. The lowest BCUT2D eigenvalue weighted by Gasteiger charge is -2.08. The molecule has 0 saturated carbocycles. The second-order valence-corrected chi connectivity index (χ2v) is 5.55. The van der Waals surface area contributed by atoms with Gasteiger partial charge in [-0.3, -0.25) is 4.57 Å². The zero-order valence-electron chi connectivity index (χ0n) is 11.2. The van der Waals surface area contributed by atoms with Crippen LogP contribution in [-0.4, -0.2) is 4.57 Å². The Labute approximate surface area is 130 Å². The largest absolute Gasteiger partial charge is 0.421 e. The highest BCUT2D eigenvalue weighted by atomic mass is 35.5. The van der Waals surface area contributed by atoms with Crippen molar-refractivity contribution in [2.75, 3.05) is 5.32 Å². The molecule has 0 saturated heterocycles. The van der Waals surface area contributed by atoms with E-state index < -0.39 is 5.76 Å². The lowest BCUT2D eigenvalue weighted by atomic mass is 10.2. The van der Waals surface area contributed by atoms with Gasteiger partial charge in [0.15, 0.2) is 5.58 Å². The molecule has 1 aromatic heterocycles. The van der Waals surface area contributed by atoms with Crippen LogP contribution in [0.15, 0.2) is 45.6 Å². The normalized spacial score (nSPS) is 11.0. The highest BCUT2D eigenvalue weighted by Crippen LogP contribution is 2.21. The zero-order valence-corrected chi connectivity index (χ0v) is 12.7. The Hall–Kier alpha value is -1.91. The minimum Gasteiger partial charge on any atom is -0.408 e. The van der Waals surface area contributed by atoms with Crippen molar-refractivity contribution in [3.05, 3.63) is 62.6 Å². The van der Waals surface area contributed by atoms with Crippen LogP contribution in [-0.2, 0) is 6.67 Å². The van der Waals surface area contributed by atoms with Gasteiger partial charge in [-0.05, 0) is 42.8 Å². The lowest BCUT2D eigenvalue weighted by Crippen LogP contribution is -2.19. The van der Waals surface area contributed by atoms with E-state index in [0.29, 0.717) is 21.1 Å². The fraction of sp³-hybridized carbons (Fsp3) is 0.133. The van der Waals surface area contributed by atoms with Crippen molar-refractivity contribution in [2.45, 2.75) is 13.6 Å². The first kappa shape index (κ1) is 14.0. The van der Waals surface area contributed by atoms with Gasteiger partial charge in [0.25, 0.3) is 0 Å². The fourth-order valence-corrected chi connectivity index (χ4v) is 2.41. The number of nitrogens with zero attached hydrogens (tertiary/aromatic N) is 1. The molecule has 0 spiro atoms. The van der Waals surface area contributed by atoms with E-state index in [4.69, 9.17) is 27.6 Å². The third kappa shape index (κ3) is 2.77. The van der Waals surface area contributed by atoms with Crippen LogP contribution >= 0.6 is 23.2 Å². The number of nitrogens with one attached hydrogen (secondary N) is 1. The average Bonchev–Trinajstić information content (AvgIpc) is 2.75. The van der Waals surface area contributed by atoms with Crippen LogP contribution < -0.4 is 11.1 Å². The summed E-state index contributed by atoms with van der Waals surface area (Å²) in [4.78, 5) is 11.9. The van der Waals surface area contributed by atoms with Crippen molar-refractivity contribution < 1.29 is 4.42 Å². The lowest BCUT2D eigenvalue weighted by molar-refractivity contribution is 0.515. The molecule has 0 bridgehead atoms. The van der Waals surface area contributed by atoms with Crippen molar-refractivity contribution in [3.8, 4) is 0 Å². The quantitative estimate of drug-likeness (QED) is 0.782. The zero-order chi connectivity index (χ0) is 15.0. The van der Waals surface area contributed by atoms with Gasteiger partial charge >= 0.3 is 5.76 Å². The van der Waals surface area contributed by atoms with E-state index in [1.165, 1.54) is 4.57 Å². The minimum absolute atomic E-state index is 0.269. The Morgan fingerprint density at radius 2 is 2.00 bits per heavy atom. The predicted octanol–water partition coefficient (Wildman–Crippen LogP) is 4.28. The smallest absolute Gasteiger partial charge is 0.408 e. The number of aromatic nitrogens is 1. The third-order valence-electron chi connectivity index (χ3n) is 3.24. The average molecular weight is 323 g/mol. The molecule has 108 valence electrons. The van der Waals surface area contributed by atoms with Crippen LogP contribution in [0.3, 0.4) is 0 Å². The van der Waals surface area contributed by atoms with Gasteiger partial charge in [0.05, 0.1) is 12.2 Å². The van der Waals surface area contributed by atoms with Gasteiger partial charge in [0.1, 0.15) is 0 Å². The van der Waals surface area contributed by atoms with E-state index in [2.05, 4.69) is 5.32 Å². The number of benzene rings is 2. The summed E-state index contributed by atoms with van der Waals surface area (Å²) in [6.07, 6.45) is 0. The number of halogens is 2. The first-order valence-electron chi connectivity index (χ1n) is 6.33. The number of fused-ring (bicyclic) bond motifs is 1. The molecule has 0 aliphatic carbocycles. The van der Waals surface area contributed by atoms with E-state index in [1.807, 2.05) is 25.1 Å². The molecule has 1 N–H and O–H groups in total. The van der Waals surface area contributed by atoms with Gasteiger partial charge in [0.2, 0.25) is 0 Å². The predicted molar refractivity (Wildman–Crippen MR) is 85.3 cm³/mol. The molecule has 3 aromatic rings. The molecular weight excluding hydrogens is 311 g/mol. The van der Waals surface area contributed by atoms with Gasteiger partial charge in [-0.1, -0.05) is 29.3 Å². The second kappa shape index (κ2) is 5.47. The van der Waals surface area contributed by atoms with Gasteiger partial charge in [-0.15, -0.1) is 0 Å². The van der Waals surface area contributed by atoms with E-state index in [1.54, 1.807) is 18.2 Å². The fourth-order valence-electron chi connectivity index (χ4n) is 2.06. The summed E-state index contributed by atoms with van der Waals surface area (Å²) < 4.78 is 6.65.